The molecule has 0 saturated heterocycles. The van der Waals surface area contributed by atoms with Crippen molar-refractivity contribution >= 4 is 5.82 Å². The third-order valence-corrected chi connectivity index (χ3v) is 2.76. The summed E-state index contributed by atoms with van der Waals surface area (Å²) in [5, 5.41) is 3.94. The maximum Gasteiger partial charge on any atom is 0.128 e. The predicted molar refractivity (Wildman–Crippen MR) is 63.1 cm³/mol. The lowest BCUT2D eigenvalue weighted by Crippen LogP contribution is -2.30. The largest absolute Gasteiger partial charge is 0.384 e. The van der Waals surface area contributed by atoms with Gasteiger partial charge in [0.25, 0.3) is 0 Å². The summed E-state index contributed by atoms with van der Waals surface area (Å²) in [6.07, 6.45) is 1.46. The number of nitrogens with two attached hydrogens (primary N) is 2. The lowest BCUT2D eigenvalue weighted by molar-refractivity contribution is 0.546. The summed E-state index contributed by atoms with van der Waals surface area (Å²) in [7, 11) is 1.65. The number of aryl methyl sites for hydroxylation is 1. The number of hydrazine groups is 1. The molecule has 0 aliphatic carbocycles. The normalized spacial score (nSPS) is 12.7. The standard InChI is InChI=1S/C11H13F2N5/c1-18-11(14)8(5-16-18)10(17-15)7-4-6(12)2-3-9(7)13/h2-5,10,17H,14-15H2,1H3. The van der Waals surface area contributed by atoms with Crippen molar-refractivity contribution in [3.05, 3.63) is 47.2 Å². The molecule has 18 heavy (non-hydrogen) atoms. The second kappa shape index (κ2) is 4.71. The van der Waals surface area contributed by atoms with E-state index in [2.05, 4.69) is 10.5 Å². The maximum absolute atomic E-state index is 13.7. The summed E-state index contributed by atoms with van der Waals surface area (Å²) in [4.78, 5) is 0. The van der Waals surface area contributed by atoms with Crippen molar-refractivity contribution in [2.75, 3.05) is 5.73 Å². The van der Waals surface area contributed by atoms with Gasteiger partial charge in [0.15, 0.2) is 0 Å². The van der Waals surface area contributed by atoms with Crippen LogP contribution in [0.15, 0.2) is 24.4 Å². The number of hydrogen-bond donors (Lipinski definition) is 3. The van der Waals surface area contributed by atoms with Gasteiger partial charge in [-0.05, 0) is 18.2 Å². The Morgan fingerprint density at radius 3 is 2.61 bits per heavy atom. The topological polar surface area (TPSA) is 81.9 Å². The molecule has 2 aromatic rings. The van der Waals surface area contributed by atoms with Crippen LogP contribution in [0.1, 0.15) is 17.2 Å². The molecule has 0 aliphatic rings. The second-order valence-electron chi connectivity index (χ2n) is 3.87. The van der Waals surface area contributed by atoms with E-state index < -0.39 is 17.7 Å². The summed E-state index contributed by atoms with van der Waals surface area (Å²) in [5.41, 5.74) is 8.78. The van der Waals surface area contributed by atoms with Crippen molar-refractivity contribution in [2.45, 2.75) is 6.04 Å². The van der Waals surface area contributed by atoms with Crippen LogP contribution in [0, 0.1) is 11.6 Å². The third kappa shape index (κ3) is 2.05. The van der Waals surface area contributed by atoms with Crippen molar-refractivity contribution in [1.29, 1.82) is 0 Å². The first kappa shape index (κ1) is 12.5. The number of halogens is 2. The van der Waals surface area contributed by atoms with Gasteiger partial charge in [-0.2, -0.15) is 5.10 Å². The average molecular weight is 253 g/mol. The summed E-state index contributed by atoms with van der Waals surface area (Å²) in [5.74, 6) is 4.62. The molecule has 0 aliphatic heterocycles. The Bertz CT molecular complexity index is 567. The molecule has 2 rings (SSSR count). The van der Waals surface area contributed by atoms with Crippen LogP contribution in [0.5, 0.6) is 0 Å². The van der Waals surface area contributed by atoms with Gasteiger partial charge in [0.2, 0.25) is 0 Å². The molecule has 1 aromatic heterocycles. The Morgan fingerprint density at radius 1 is 1.33 bits per heavy atom. The van der Waals surface area contributed by atoms with Crippen molar-refractivity contribution < 1.29 is 8.78 Å². The summed E-state index contributed by atoms with van der Waals surface area (Å²) in [6.45, 7) is 0. The highest BCUT2D eigenvalue weighted by atomic mass is 19.1. The fourth-order valence-corrected chi connectivity index (χ4v) is 1.77. The van der Waals surface area contributed by atoms with E-state index in [9.17, 15) is 8.78 Å². The molecule has 0 fully saturated rings. The number of rotatable bonds is 3. The zero-order chi connectivity index (χ0) is 13.3. The molecule has 0 radical (unpaired) electrons. The van der Waals surface area contributed by atoms with Crippen molar-refractivity contribution in [3.63, 3.8) is 0 Å². The monoisotopic (exact) mass is 253 g/mol. The van der Waals surface area contributed by atoms with Gasteiger partial charge in [-0.1, -0.05) is 0 Å². The van der Waals surface area contributed by atoms with Gasteiger partial charge in [-0.25, -0.2) is 14.2 Å². The van der Waals surface area contributed by atoms with Crippen LogP contribution < -0.4 is 17.0 Å². The third-order valence-electron chi connectivity index (χ3n) is 2.76. The van der Waals surface area contributed by atoms with Gasteiger partial charge in [-0.3, -0.25) is 10.5 Å². The van der Waals surface area contributed by atoms with Crippen molar-refractivity contribution in [2.24, 2.45) is 12.9 Å². The first-order valence-corrected chi connectivity index (χ1v) is 5.23. The Kier molecular flexibility index (Phi) is 3.26. The van der Waals surface area contributed by atoms with E-state index in [-0.39, 0.29) is 5.56 Å². The first-order valence-electron chi connectivity index (χ1n) is 5.23. The minimum absolute atomic E-state index is 0.0807. The quantitative estimate of drug-likeness (QED) is 0.559. The van der Waals surface area contributed by atoms with Gasteiger partial charge in [0.1, 0.15) is 17.5 Å². The fraction of sp³-hybridized carbons (Fsp3) is 0.182. The molecule has 5 nitrogen and oxygen atoms in total. The van der Waals surface area contributed by atoms with Gasteiger partial charge >= 0.3 is 0 Å². The molecule has 1 heterocycles. The van der Waals surface area contributed by atoms with Gasteiger partial charge in [0.05, 0.1) is 12.2 Å². The molecule has 0 bridgehead atoms. The number of nitrogen functional groups attached to an aromatic ring is 1. The molecule has 0 spiro atoms. The maximum atomic E-state index is 13.7. The Labute approximate surface area is 102 Å². The first-order chi connectivity index (χ1) is 8.54. The van der Waals surface area contributed by atoms with Crippen LogP contribution in [0.25, 0.3) is 0 Å². The number of anilines is 1. The Morgan fingerprint density at radius 2 is 2.06 bits per heavy atom. The lowest BCUT2D eigenvalue weighted by atomic mass is 10.0. The zero-order valence-electron chi connectivity index (χ0n) is 9.69. The van der Waals surface area contributed by atoms with E-state index in [1.54, 1.807) is 7.05 Å². The molecular formula is C11H13F2N5. The molecule has 1 aromatic carbocycles. The minimum atomic E-state index is -0.755. The number of hydrogen-bond acceptors (Lipinski definition) is 4. The molecular weight excluding hydrogens is 240 g/mol. The van der Waals surface area contributed by atoms with E-state index >= 15 is 0 Å². The molecule has 1 atom stereocenters. The summed E-state index contributed by atoms with van der Waals surface area (Å²) in [6, 6.07) is 2.40. The SMILES string of the molecule is Cn1ncc(C(NN)c2cc(F)ccc2F)c1N. The van der Waals surface area contributed by atoms with Crippen molar-refractivity contribution in [1.82, 2.24) is 15.2 Å². The molecule has 0 amide bonds. The van der Waals surface area contributed by atoms with Crippen LogP contribution in [-0.4, -0.2) is 9.78 Å². The highest BCUT2D eigenvalue weighted by Crippen LogP contribution is 2.27. The fourth-order valence-electron chi connectivity index (χ4n) is 1.77. The lowest BCUT2D eigenvalue weighted by Gasteiger charge is -2.16. The van der Waals surface area contributed by atoms with Crippen LogP contribution in [-0.2, 0) is 7.05 Å². The zero-order valence-corrected chi connectivity index (χ0v) is 9.69. The minimum Gasteiger partial charge on any atom is -0.384 e. The molecule has 7 heteroatoms. The van der Waals surface area contributed by atoms with E-state index in [4.69, 9.17) is 11.6 Å². The molecule has 1 unspecified atom stereocenters. The molecule has 0 saturated carbocycles. The van der Waals surface area contributed by atoms with Gasteiger partial charge in [-0.15, -0.1) is 0 Å². The summed E-state index contributed by atoms with van der Waals surface area (Å²) >= 11 is 0. The van der Waals surface area contributed by atoms with E-state index in [1.165, 1.54) is 10.9 Å². The van der Waals surface area contributed by atoms with Crippen LogP contribution in [0.2, 0.25) is 0 Å². The van der Waals surface area contributed by atoms with Crippen LogP contribution in [0.4, 0.5) is 14.6 Å². The molecule has 96 valence electrons. The van der Waals surface area contributed by atoms with Crippen LogP contribution in [0.3, 0.4) is 0 Å². The smallest absolute Gasteiger partial charge is 0.128 e. The van der Waals surface area contributed by atoms with E-state index in [0.717, 1.165) is 18.2 Å². The average Bonchev–Trinajstić information content (AvgIpc) is 2.67. The highest BCUT2D eigenvalue weighted by Gasteiger charge is 2.21. The second-order valence-corrected chi connectivity index (χ2v) is 3.87. The number of nitrogens with zero attached hydrogens (tertiary/aromatic N) is 2. The highest BCUT2D eigenvalue weighted by molar-refractivity contribution is 5.45. The van der Waals surface area contributed by atoms with E-state index in [0.29, 0.717) is 11.4 Å². The predicted octanol–water partition coefficient (Wildman–Crippen LogP) is 0.833. The summed E-state index contributed by atoms with van der Waals surface area (Å²) < 4.78 is 28.3. The van der Waals surface area contributed by atoms with Crippen LogP contribution >= 0.6 is 0 Å². The number of benzene rings is 1. The van der Waals surface area contributed by atoms with Gasteiger partial charge in [0, 0.05) is 18.2 Å². The number of nitrogens with one attached hydrogen (secondary N) is 1. The Hall–Kier alpha value is -1.99. The molecule has 5 N–H and O–H groups in total. The van der Waals surface area contributed by atoms with Crippen molar-refractivity contribution in [3.8, 4) is 0 Å². The number of aromatic nitrogens is 2. The van der Waals surface area contributed by atoms with Gasteiger partial charge < -0.3 is 5.73 Å². The van der Waals surface area contributed by atoms with E-state index in [1.807, 2.05) is 0 Å². The Balaban J connectivity index is 2.51.